The van der Waals surface area contributed by atoms with Crippen LogP contribution in [0.1, 0.15) is 15.9 Å². The van der Waals surface area contributed by atoms with Crippen LogP contribution < -0.4 is 4.74 Å². The van der Waals surface area contributed by atoms with Gasteiger partial charge in [0, 0.05) is 0 Å². The molecule has 0 saturated carbocycles. The van der Waals surface area contributed by atoms with E-state index in [-0.39, 0.29) is 11.1 Å². The number of aliphatic hydroxyl groups excluding tert-OH is 4. The zero-order valence-corrected chi connectivity index (χ0v) is 16.7. The molecular weight excluding hydrogens is 437 g/mol. The van der Waals surface area contributed by atoms with Crippen molar-refractivity contribution >= 4 is 5.97 Å². The predicted molar refractivity (Wildman–Crippen MR) is 103 cm³/mol. The molecule has 1 saturated heterocycles. The van der Waals surface area contributed by atoms with Gasteiger partial charge in [0.1, 0.15) is 30.2 Å². The van der Waals surface area contributed by atoms with Gasteiger partial charge in [-0.25, -0.2) is 4.79 Å². The molecule has 3 rings (SSSR count). The molecule has 32 heavy (non-hydrogen) atoms. The van der Waals surface area contributed by atoms with Crippen molar-refractivity contribution in [3.63, 3.8) is 0 Å². The summed E-state index contributed by atoms with van der Waals surface area (Å²) in [6.45, 7) is -0.753. The van der Waals surface area contributed by atoms with E-state index in [2.05, 4.69) is 4.74 Å². The van der Waals surface area contributed by atoms with E-state index >= 15 is 0 Å². The van der Waals surface area contributed by atoms with Crippen molar-refractivity contribution in [3.05, 3.63) is 53.6 Å². The minimum atomic E-state index is -4.84. The maximum atomic E-state index is 13.7. The molecule has 2 unspecified atom stereocenters. The Labute approximate surface area is 180 Å². The Morgan fingerprint density at radius 2 is 1.62 bits per heavy atom. The molecule has 174 valence electrons. The highest BCUT2D eigenvalue weighted by Gasteiger charge is 2.45. The van der Waals surface area contributed by atoms with E-state index in [4.69, 9.17) is 9.47 Å². The van der Waals surface area contributed by atoms with Crippen molar-refractivity contribution < 1.29 is 52.6 Å². The Morgan fingerprint density at radius 1 is 1.00 bits per heavy atom. The fourth-order valence-corrected chi connectivity index (χ4v) is 3.24. The molecule has 0 spiro atoms. The third-order valence-electron chi connectivity index (χ3n) is 5.02. The first-order valence-corrected chi connectivity index (χ1v) is 9.44. The van der Waals surface area contributed by atoms with Gasteiger partial charge in [0.25, 0.3) is 0 Å². The highest BCUT2D eigenvalue weighted by atomic mass is 19.4. The summed E-state index contributed by atoms with van der Waals surface area (Å²) in [5.41, 5.74) is -0.378. The van der Waals surface area contributed by atoms with Gasteiger partial charge in [-0.2, -0.15) is 13.2 Å². The number of esters is 1. The zero-order chi connectivity index (χ0) is 23.6. The van der Waals surface area contributed by atoms with Crippen LogP contribution in [-0.2, 0) is 15.7 Å². The molecule has 5 atom stereocenters. The average Bonchev–Trinajstić information content (AvgIpc) is 2.78. The zero-order valence-electron chi connectivity index (χ0n) is 16.7. The number of carbonyl (C=O) groups excluding carboxylic acids is 1. The molecule has 11 heteroatoms. The Bertz CT molecular complexity index is 945. The molecule has 0 aliphatic carbocycles. The van der Waals surface area contributed by atoms with E-state index in [1.807, 2.05) is 0 Å². The lowest BCUT2D eigenvalue weighted by Crippen LogP contribution is -2.60. The number of alkyl halides is 3. The second-order valence-electron chi connectivity index (χ2n) is 7.09. The molecule has 1 fully saturated rings. The van der Waals surface area contributed by atoms with Crippen LogP contribution in [0, 0.1) is 0 Å². The number of hydrogen-bond acceptors (Lipinski definition) is 8. The standard InChI is InChI=1S/C21H21F3O8/c1-30-19(29)11-4-2-10(3-5-11)12-6-7-14(13(8-12)21(22,23)24)31-20-18(28)17(27)16(26)15(9-25)32-20/h2-8,15-18,20,25-28H,9H2,1H3/t15-,16-,17?,18?,20+/m1/s1. The van der Waals surface area contributed by atoms with Gasteiger partial charge in [0.15, 0.2) is 0 Å². The minimum absolute atomic E-state index is 0.176. The van der Waals surface area contributed by atoms with Crippen molar-refractivity contribution in [1.29, 1.82) is 0 Å². The number of carbonyl (C=O) groups is 1. The molecule has 0 aromatic heterocycles. The summed E-state index contributed by atoms with van der Waals surface area (Å²) in [6, 6.07) is 8.92. The van der Waals surface area contributed by atoms with Gasteiger partial charge < -0.3 is 34.6 Å². The monoisotopic (exact) mass is 458 g/mol. The lowest BCUT2D eigenvalue weighted by atomic mass is 9.99. The number of aliphatic hydroxyl groups is 4. The number of halogens is 3. The molecule has 0 bridgehead atoms. The van der Waals surface area contributed by atoms with Crippen LogP contribution in [0.15, 0.2) is 42.5 Å². The van der Waals surface area contributed by atoms with Gasteiger partial charge in [-0.1, -0.05) is 18.2 Å². The third kappa shape index (κ3) is 4.87. The normalized spacial score (nSPS) is 25.9. The summed E-state index contributed by atoms with van der Waals surface area (Å²) < 4.78 is 56.1. The minimum Gasteiger partial charge on any atom is -0.465 e. The number of methoxy groups -OCH3 is 1. The lowest BCUT2D eigenvalue weighted by molar-refractivity contribution is -0.278. The molecule has 4 N–H and O–H groups in total. The van der Waals surface area contributed by atoms with Crippen LogP contribution in [0.25, 0.3) is 11.1 Å². The highest BCUT2D eigenvalue weighted by molar-refractivity contribution is 5.90. The van der Waals surface area contributed by atoms with E-state index in [1.165, 1.54) is 37.4 Å². The topological polar surface area (TPSA) is 126 Å². The summed E-state index contributed by atoms with van der Waals surface area (Å²) in [4.78, 5) is 11.5. The SMILES string of the molecule is COC(=O)c1ccc(-c2ccc(O[C@H]3O[C@H](CO)[C@@H](O)C(O)C3O)c(C(F)(F)F)c2)cc1. The third-order valence-corrected chi connectivity index (χ3v) is 5.02. The van der Waals surface area contributed by atoms with Crippen molar-refractivity contribution in [1.82, 2.24) is 0 Å². The summed E-state index contributed by atoms with van der Waals surface area (Å²) >= 11 is 0. The van der Waals surface area contributed by atoms with E-state index in [0.29, 0.717) is 5.56 Å². The molecule has 2 aromatic carbocycles. The molecule has 2 aromatic rings. The Kier molecular flexibility index (Phi) is 7.06. The van der Waals surface area contributed by atoms with E-state index < -0.39 is 60.8 Å². The van der Waals surface area contributed by atoms with Gasteiger partial charge >= 0.3 is 12.1 Å². The Balaban J connectivity index is 1.92. The second-order valence-corrected chi connectivity index (χ2v) is 7.09. The quantitative estimate of drug-likeness (QED) is 0.495. The fourth-order valence-electron chi connectivity index (χ4n) is 3.24. The van der Waals surface area contributed by atoms with Gasteiger partial charge in [0.2, 0.25) is 6.29 Å². The van der Waals surface area contributed by atoms with Crippen molar-refractivity contribution in [2.45, 2.75) is 36.9 Å². The highest BCUT2D eigenvalue weighted by Crippen LogP contribution is 2.40. The van der Waals surface area contributed by atoms with Crippen molar-refractivity contribution in [2.24, 2.45) is 0 Å². The van der Waals surface area contributed by atoms with E-state index in [9.17, 15) is 38.4 Å². The first kappa shape index (κ1) is 24.0. The molecular formula is C21H21F3O8. The van der Waals surface area contributed by atoms with E-state index in [0.717, 1.165) is 12.1 Å². The van der Waals surface area contributed by atoms with Gasteiger partial charge in [-0.15, -0.1) is 0 Å². The number of rotatable bonds is 5. The summed E-state index contributed by atoms with van der Waals surface area (Å²) in [5.74, 6) is -1.27. The average molecular weight is 458 g/mol. The molecule has 0 amide bonds. The number of ether oxygens (including phenoxy) is 3. The van der Waals surface area contributed by atoms with Crippen molar-refractivity contribution in [3.8, 4) is 16.9 Å². The summed E-state index contributed by atoms with van der Waals surface area (Å²) in [7, 11) is 1.21. The predicted octanol–water partition coefficient (Wildman–Crippen LogP) is 1.34. The Hall–Kier alpha value is -2.70. The van der Waals surface area contributed by atoms with Crippen LogP contribution in [-0.4, -0.2) is 70.8 Å². The molecule has 0 radical (unpaired) electrons. The van der Waals surface area contributed by atoms with Crippen LogP contribution in [0.2, 0.25) is 0 Å². The van der Waals surface area contributed by atoms with Crippen LogP contribution >= 0.6 is 0 Å². The second kappa shape index (κ2) is 9.43. The fraction of sp³-hybridized carbons (Fsp3) is 0.381. The number of benzene rings is 2. The van der Waals surface area contributed by atoms with Gasteiger partial charge in [0.05, 0.1) is 24.8 Å². The van der Waals surface area contributed by atoms with Crippen LogP contribution in [0.5, 0.6) is 5.75 Å². The molecule has 8 nitrogen and oxygen atoms in total. The molecule has 1 aliphatic rings. The maximum Gasteiger partial charge on any atom is 0.419 e. The van der Waals surface area contributed by atoms with Crippen molar-refractivity contribution in [2.75, 3.05) is 13.7 Å². The largest absolute Gasteiger partial charge is 0.465 e. The first-order chi connectivity index (χ1) is 15.1. The summed E-state index contributed by atoms with van der Waals surface area (Å²) in [5, 5.41) is 38.9. The molecule has 1 aliphatic heterocycles. The molecule has 1 heterocycles. The summed E-state index contributed by atoms with van der Waals surface area (Å²) in [6.07, 6.45) is -13.3. The first-order valence-electron chi connectivity index (χ1n) is 9.44. The van der Waals surface area contributed by atoms with Gasteiger partial charge in [-0.3, -0.25) is 0 Å². The van der Waals surface area contributed by atoms with Crippen LogP contribution in [0.4, 0.5) is 13.2 Å². The Morgan fingerprint density at radius 3 is 2.19 bits per heavy atom. The lowest BCUT2D eigenvalue weighted by Gasteiger charge is -2.39. The van der Waals surface area contributed by atoms with Crippen LogP contribution in [0.3, 0.4) is 0 Å². The number of hydrogen-bond donors (Lipinski definition) is 4. The van der Waals surface area contributed by atoms with Gasteiger partial charge in [-0.05, 0) is 35.4 Å². The maximum absolute atomic E-state index is 13.7. The smallest absolute Gasteiger partial charge is 0.419 e. The van der Waals surface area contributed by atoms with E-state index in [1.54, 1.807) is 0 Å².